The molecule has 0 aliphatic carbocycles. The summed E-state index contributed by atoms with van der Waals surface area (Å²) in [6.07, 6.45) is 3.14. The lowest BCUT2D eigenvalue weighted by Crippen LogP contribution is -2.65. The van der Waals surface area contributed by atoms with Gasteiger partial charge in [-0.25, -0.2) is 9.78 Å². The minimum atomic E-state index is -1.07. The molecule has 2 aliphatic heterocycles. The summed E-state index contributed by atoms with van der Waals surface area (Å²) < 4.78 is 20.3. The Morgan fingerprint density at radius 3 is 2.38 bits per heavy atom. The Morgan fingerprint density at radius 2 is 1.70 bits per heavy atom. The van der Waals surface area contributed by atoms with Crippen LogP contribution in [0.25, 0.3) is 11.3 Å². The molecule has 0 saturated carbocycles. The first kappa shape index (κ1) is 45.9. The monoisotopic (exact) mass is 875 g/mol. The highest BCUT2D eigenvalue weighted by molar-refractivity contribution is 6.31. The van der Waals surface area contributed by atoms with Crippen molar-refractivity contribution < 1.29 is 28.6 Å². The Kier molecular flexibility index (Phi) is 14.1. The first-order chi connectivity index (χ1) is 28.7. The maximum atomic E-state index is 14.5. The molecule has 3 amide bonds. The molecule has 1 unspecified atom stereocenters. The number of halogens is 2. The van der Waals surface area contributed by atoms with Gasteiger partial charge in [0.05, 0.1) is 36.6 Å². The van der Waals surface area contributed by atoms with Crippen molar-refractivity contribution in [2.75, 3.05) is 33.8 Å². The molecule has 0 spiro atoms. The van der Waals surface area contributed by atoms with Crippen LogP contribution in [0, 0.1) is 0 Å². The van der Waals surface area contributed by atoms with Gasteiger partial charge in [-0.2, -0.15) is 0 Å². The number of nitrogens with zero attached hydrogens (tertiary/aromatic N) is 5. The van der Waals surface area contributed by atoms with E-state index < -0.39 is 35.0 Å². The maximum absolute atomic E-state index is 14.5. The third-order valence-corrected chi connectivity index (χ3v) is 11.5. The van der Waals surface area contributed by atoms with E-state index in [0.717, 1.165) is 34.8 Å². The minimum Gasteiger partial charge on any atom is -0.457 e. The lowest BCUT2D eigenvalue weighted by Gasteiger charge is -2.44. The minimum absolute atomic E-state index is 0.00982. The largest absolute Gasteiger partial charge is 0.457 e. The number of carbonyl (C=O) groups is 3. The predicted molar refractivity (Wildman–Crippen MR) is 238 cm³/mol. The van der Waals surface area contributed by atoms with Crippen LogP contribution in [0.5, 0.6) is 11.5 Å². The Morgan fingerprint density at radius 1 is 1.02 bits per heavy atom. The zero-order valence-corrected chi connectivity index (χ0v) is 38.2. The van der Waals surface area contributed by atoms with Gasteiger partial charge in [-0.1, -0.05) is 41.4 Å². The van der Waals surface area contributed by atoms with Crippen LogP contribution in [-0.4, -0.2) is 105 Å². The summed E-state index contributed by atoms with van der Waals surface area (Å²) >= 11 is 12.7. The second-order valence-electron chi connectivity index (χ2n) is 17.9. The van der Waals surface area contributed by atoms with Gasteiger partial charge in [0.1, 0.15) is 34.7 Å². The summed E-state index contributed by atoms with van der Waals surface area (Å²) in [7, 11) is 6.04. The van der Waals surface area contributed by atoms with Gasteiger partial charge in [-0.05, 0) is 129 Å². The number of benzene rings is 3. The summed E-state index contributed by atoms with van der Waals surface area (Å²) in [5, 5.41) is 7.77. The number of ether oxygens (including phenoxy) is 3. The fourth-order valence-corrected chi connectivity index (χ4v) is 8.24. The summed E-state index contributed by atoms with van der Waals surface area (Å²) in [6, 6.07) is 19.0. The highest BCUT2D eigenvalue weighted by atomic mass is 35.5. The molecule has 3 atom stereocenters. The summed E-state index contributed by atoms with van der Waals surface area (Å²) in [6.45, 7) is 12.6. The standard InChI is InChI=1S/C46H59Cl2N7O6/c1-30(49-25-33-13-18-35(48)23-39(33)60-36-19-14-32(15-20-36)37-26-50-40(53(37)9)27-52(7)8)42(57)55-38(28-59-45(55,5)6)41(56)51-46(24-31-11-16-34(47)17-12-31)21-10-22-54(29-46)43(58)61-44(2,3)4/h11-20,23,26,30,38,49H,10,21-22,24-25,27-29H2,1-9H3,(H,51,56)/t30-,38-,46?/m0/s1. The van der Waals surface area contributed by atoms with E-state index in [1.165, 1.54) is 4.90 Å². The van der Waals surface area contributed by atoms with Gasteiger partial charge in [0.25, 0.3) is 0 Å². The molecule has 0 bridgehead atoms. The Hall–Kier alpha value is -4.66. The number of likely N-dealkylation sites (tertiary alicyclic amines) is 1. The summed E-state index contributed by atoms with van der Waals surface area (Å²) in [5.74, 6) is 1.47. The quantitative estimate of drug-likeness (QED) is 0.138. The molecule has 0 radical (unpaired) electrons. The third-order valence-electron chi connectivity index (χ3n) is 11.0. The normalized spacial score (nSPS) is 19.5. The summed E-state index contributed by atoms with van der Waals surface area (Å²) in [5.41, 5.74) is 1.15. The Bertz CT molecular complexity index is 2190. The van der Waals surface area contributed by atoms with Crippen LogP contribution >= 0.6 is 23.2 Å². The molecule has 2 fully saturated rings. The van der Waals surface area contributed by atoms with Gasteiger partial charge in [-0.3, -0.25) is 14.5 Å². The fourth-order valence-electron chi connectivity index (χ4n) is 7.95. The molecule has 1 aromatic heterocycles. The van der Waals surface area contributed by atoms with Crippen LogP contribution in [0.15, 0.2) is 72.9 Å². The van der Waals surface area contributed by atoms with Crippen molar-refractivity contribution in [1.29, 1.82) is 0 Å². The maximum Gasteiger partial charge on any atom is 0.410 e. The Labute approximate surface area is 369 Å². The molecular formula is C46H59Cl2N7O6. The molecule has 6 rings (SSSR count). The van der Waals surface area contributed by atoms with E-state index in [2.05, 4.69) is 25.1 Å². The number of aromatic nitrogens is 2. The SMILES string of the molecule is C[C@H](NCc1ccc(Cl)cc1Oc1ccc(-c2cnc(CN(C)C)n2C)cc1)C(=O)N1[C@H](C(=O)NC2(Cc3ccc(Cl)cc3)CCCN(C(=O)OC(C)(C)C)C2)COC1(C)C. The number of hydrogen-bond acceptors (Lipinski definition) is 9. The van der Waals surface area contributed by atoms with Crippen LogP contribution < -0.4 is 15.4 Å². The first-order valence-corrected chi connectivity index (χ1v) is 21.4. The lowest BCUT2D eigenvalue weighted by molar-refractivity contribution is -0.152. The summed E-state index contributed by atoms with van der Waals surface area (Å²) in [4.78, 5) is 52.0. The van der Waals surface area contributed by atoms with Crippen LogP contribution in [0.4, 0.5) is 4.79 Å². The number of rotatable bonds is 13. The van der Waals surface area contributed by atoms with Crippen molar-refractivity contribution in [3.05, 3.63) is 99.9 Å². The molecule has 3 heterocycles. The Balaban J connectivity index is 1.15. The molecule has 61 heavy (non-hydrogen) atoms. The number of nitrogens with one attached hydrogen (secondary N) is 2. The molecule has 2 aliphatic rings. The zero-order chi connectivity index (χ0) is 44.3. The fraction of sp³-hybridized carbons (Fsp3) is 0.478. The van der Waals surface area contributed by atoms with Gasteiger partial charge >= 0.3 is 6.09 Å². The van der Waals surface area contributed by atoms with Crippen molar-refractivity contribution >= 4 is 41.1 Å². The van der Waals surface area contributed by atoms with Gasteiger partial charge in [0.2, 0.25) is 11.8 Å². The number of imidazole rings is 1. The number of amides is 3. The van der Waals surface area contributed by atoms with Crippen molar-refractivity contribution in [1.82, 2.24) is 34.9 Å². The molecule has 15 heteroatoms. The van der Waals surface area contributed by atoms with Gasteiger partial charge in [0.15, 0.2) is 0 Å². The topological polar surface area (TPSA) is 130 Å². The molecule has 328 valence electrons. The average molecular weight is 877 g/mol. The number of carbonyl (C=O) groups excluding carboxylic acids is 3. The van der Waals surface area contributed by atoms with Crippen molar-refractivity contribution in [2.45, 2.75) is 103 Å². The van der Waals surface area contributed by atoms with Gasteiger partial charge < -0.3 is 39.2 Å². The second-order valence-corrected chi connectivity index (χ2v) is 18.8. The van der Waals surface area contributed by atoms with Crippen LogP contribution in [0.1, 0.15) is 71.3 Å². The van der Waals surface area contributed by atoms with E-state index in [9.17, 15) is 14.4 Å². The molecule has 13 nitrogen and oxygen atoms in total. The van der Waals surface area contributed by atoms with E-state index >= 15 is 0 Å². The van der Waals surface area contributed by atoms with Crippen molar-refractivity contribution in [3.63, 3.8) is 0 Å². The van der Waals surface area contributed by atoms with E-state index in [1.54, 1.807) is 37.8 Å². The van der Waals surface area contributed by atoms with Gasteiger partial charge in [0, 0.05) is 47.9 Å². The number of hydrogen-bond donors (Lipinski definition) is 2. The number of piperidine rings is 1. The van der Waals surface area contributed by atoms with Crippen LogP contribution in [-0.2, 0) is 45.6 Å². The predicted octanol–water partition coefficient (Wildman–Crippen LogP) is 7.82. The van der Waals surface area contributed by atoms with E-state index in [1.807, 2.05) is 103 Å². The van der Waals surface area contributed by atoms with Crippen molar-refractivity contribution in [3.8, 4) is 22.8 Å². The highest BCUT2D eigenvalue weighted by Crippen LogP contribution is 2.34. The smallest absolute Gasteiger partial charge is 0.410 e. The third kappa shape index (κ3) is 11.4. The first-order valence-electron chi connectivity index (χ1n) is 20.7. The lowest BCUT2D eigenvalue weighted by atomic mass is 9.82. The molecule has 4 aromatic rings. The molecule has 2 N–H and O–H groups in total. The average Bonchev–Trinajstić information content (AvgIpc) is 3.71. The van der Waals surface area contributed by atoms with E-state index in [-0.39, 0.29) is 31.5 Å². The highest BCUT2D eigenvalue weighted by Gasteiger charge is 2.50. The van der Waals surface area contributed by atoms with E-state index in [4.69, 9.17) is 37.4 Å². The molecular weight excluding hydrogens is 817 g/mol. The van der Waals surface area contributed by atoms with Crippen LogP contribution in [0.2, 0.25) is 10.0 Å². The van der Waals surface area contributed by atoms with Crippen molar-refractivity contribution in [2.24, 2.45) is 7.05 Å². The van der Waals surface area contributed by atoms with Gasteiger partial charge in [-0.15, -0.1) is 0 Å². The molecule has 2 saturated heterocycles. The molecule has 3 aromatic carbocycles. The van der Waals surface area contributed by atoms with E-state index in [0.29, 0.717) is 47.4 Å². The van der Waals surface area contributed by atoms with Crippen LogP contribution in [0.3, 0.4) is 0 Å². The second kappa shape index (κ2) is 18.8. The zero-order valence-electron chi connectivity index (χ0n) is 36.7.